The SMILES string of the molecule is CCCCC(C/C=C/I)O[Si](CC)(CC)CC. The van der Waals surface area contributed by atoms with Crippen LogP contribution in [-0.2, 0) is 4.43 Å². The summed E-state index contributed by atoms with van der Waals surface area (Å²) in [5.74, 6) is 0. The van der Waals surface area contributed by atoms with Crippen LogP contribution in [0.25, 0.3) is 0 Å². The van der Waals surface area contributed by atoms with Crippen LogP contribution in [-0.4, -0.2) is 14.4 Å². The Morgan fingerprint density at radius 2 is 1.71 bits per heavy atom. The van der Waals surface area contributed by atoms with E-state index in [0.717, 1.165) is 6.42 Å². The molecule has 0 aromatic carbocycles. The van der Waals surface area contributed by atoms with E-state index in [0.29, 0.717) is 6.10 Å². The largest absolute Gasteiger partial charge is 0.414 e. The summed E-state index contributed by atoms with van der Waals surface area (Å²) in [6, 6.07) is 3.78. The predicted octanol–water partition coefficient (Wildman–Crippen LogP) is 5.91. The van der Waals surface area contributed by atoms with Gasteiger partial charge in [-0.1, -0.05) is 69.2 Å². The standard InChI is InChI=1S/C14H29IOSi/c1-5-9-11-14(12-10-13-15)16-17(6-2,7-3)8-4/h10,13-14H,5-9,11-12H2,1-4H3/b13-10+. The fourth-order valence-electron chi connectivity index (χ4n) is 2.21. The van der Waals surface area contributed by atoms with Crippen LogP contribution in [0.5, 0.6) is 0 Å². The maximum Gasteiger partial charge on any atom is 0.192 e. The van der Waals surface area contributed by atoms with Crippen molar-refractivity contribution in [1.29, 1.82) is 0 Å². The lowest BCUT2D eigenvalue weighted by Crippen LogP contribution is -2.39. The molecule has 0 heterocycles. The molecule has 0 aliphatic carbocycles. The van der Waals surface area contributed by atoms with E-state index in [1.54, 1.807) is 0 Å². The highest BCUT2D eigenvalue weighted by Gasteiger charge is 2.31. The number of hydrogen-bond acceptors (Lipinski definition) is 1. The van der Waals surface area contributed by atoms with Crippen LogP contribution in [0.15, 0.2) is 10.2 Å². The van der Waals surface area contributed by atoms with Crippen LogP contribution in [0.4, 0.5) is 0 Å². The lowest BCUT2D eigenvalue weighted by atomic mass is 10.1. The van der Waals surface area contributed by atoms with Crippen LogP contribution in [0, 0.1) is 0 Å². The van der Waals surface area contributed by atoms with Gasteiger partial charge in [0.15, 0.2) is 8.32 Å². The molecule has 0 aromatic heterocycles. The molecule has 0 aromatic rings. The first-order chi connectivity index (χ1) is 8.17. The normalized spacial score (nSPS) is 14.4. The number of hydrogen-bond donors (Lipinski definition) is 0. The molecule has 0 amide bonds. The van der Waals surface area contributed by atoms with Crippen molar-refractivity contribution in [1.82, 2.24) is 0 Å². The first-order valence-electron chi connectivity index (χ1n) is 7.11. The van der Waals surface area contributed by atoms with Gasteiger partial charge in [-0.3, -0.25) is 0 Å². The zero-order valence-electron chi connectivity index (χ0n) is 12.0. The van der Waals surface area contributed by atoms with Crippen LogP contribution in [0.3, 0.4) is 0 Å². The van der Waals surface area contributed by atoms with Gasteiger partial charge in [0.2, 0.25) is 0 Å². The summed E-state index contributed by atoms with van der Waals surface area (Å²) in [5, 5.41) is 0. The van der Waals surface area contributed by atoms with Crippen molar-refractivity contribution in [2.45, 2.75) is 77.6 Å². The molecule has 0 saturated carbocycles. The molecule has 0 aliphatic heterocycles. The third-order valence-corrected chi connectivity index (χ3v) is 8.93. The lowest BCUT2D eigenvalue weighted by molar-refractivity contribution is 0.176. The fraction of sp³-hybridized carbons (Fsp3) is 0.857. The summed E-state index contributed by atoms with van der Waals surface area (Å²) in [4.78, 5) is 0. The zero-order valence-corrected chi connectivity index (χ0v) is 15.1. The van der Waals surface area contributed by atoms with Gasteiger partial charge in [-0.05, 0) is 35.1 Å². The minimum absolute atomic E-state index is 0.465. The molecule has 1 atom stereocenters. The Hall–Kier alpha value is 0.647. The molecule has 3 heteroatoms. The van der Waals surface area contributed by atoms with Gasteiger partial charge in [0, 0.05) is 6.10 Å². The number of halogens is 1. The van der Waals surface area contributed by atoms with Crippen molar-refractivity contribution >= 4 is 30.9 Å². The molecule has 0 spiro atoms. The maximum absolute atomic E-state index is 6.57. The molecule has 0 bridgehead atoms. The van der Waals surface area contributed by atoms with E-state index in [1.807, 2.05) is 0 Å². The Morgan fingerprint density at radius 3 is 2.12 bits per heavy atom. The predicted molar refractivity (Wildman–Crippen MR) is 89.4 cm³/mol. The smallest absolute Gasteiger partial charge is 0.192 e. The maximum atomic E-state index is 6.57. The second-order valence-corrected chi connectivity index (χ2v) is 10.2. The molecule has 0 N–H and O–H groups in total. The van der Waals surface area contributed by atoms with Crippen LogP contribution in [0.2, 0.25) is 18.1 Å². The number of rotatable bonds is 10. The molecule has 0 saturated heterocycles. The van der Waals surface area contributed by atoms with Gasteiger partial charge in [0.1, 0.15) is 0 Å². The molecule has 0 aliphatic rings. The van der Waals surface area contributed by atoms with Gasteiger partial charge < -0.3 is 4.43 Å². The first kappa shape index (κ1) is 17.6. The molecule has 102 valence electrons. The minimum atomic E-state index is -1.42. The van der Waals surface area contributed by atoms with Crippen molar-refractivity contribution in [2.24, 2.45) is 0 Å². The Balaban J connectivity index is 4.45. The van der Waals surface area contributed by atoms with E-state index in [9.17, 15) is 0 Å². The van der Waals surface area contributed by atoms with Gasteiger partial charge in [-0.25, -0.2) is 0 Å². The quantitative estimate of drug-likeness (QED) is 0.344. The highest BCUT2D eigenvalue weighted by Crippen LogP contribution is 2.26. The van der Waals surface area contributed by atoms with E-state index < -0.39 is 8.32 Å². The van der Waals surface area contributed by atoms with Gasteiger partial charge in [-0.2, -0.15) is 0 Å². The first-order valence-corrected chi connectivity index (χ1v) is 10.9. The minimum Gasteiger partial charge on any atom is -0.414 e. The highest BCUT2D eigenvalue weighted by atomic mass is 127. The third-order valence-electron chi connectivity index (χ3n) is 3.72. The summed E-state index contributed by atoms with van der Waals surface area (Å²) in [7, 11) is -1.42. The van der Waals surface area contributed by atoms with Crippen LogP contribution >= 0.6 is 22.6 Å². The lowest BCUT2D eigenvalue weighted by Gasteiger charge is -2.33. The molecule has 0 rings (SSSR count). The molecule has 17 heavy (non-hydrogen) atoms. The second kappa shape index (κ2) is 10.6. The zero-order chi connectivity index (χ0) is 13.1. The highest BCUT2D eigenvalue weighted by molar-refractivity contribution is 14.1. The summed E-state index contributed by atoms with van der Waals surface area (Å²) < 4.78 is 8.69. The van der Waals surface area contributed by atoms with Crippen molar-refractivity contribution in [3.05, 3.63) is 10.2 Å². The van der Waals surface area contributed by atoms with Crippen molar-refractivity contribution in [3.63, 3.8) is 0 Å². The molecule has 1 unspecified atom stereocenters. The van der Waals surface area contributed by atoms with E-state index in [-0.39, 0.29) is 0 Å². The number of unbranched alkanes of at least 4 members (excludes halogenated alkanes) is 1. The summed E-state index contributed by atoms with van der Waals surface area (Å²) in [6.45, 7) is 9.19. The van der Waals surface area contributed by atoms with Gasteiger partial charge in [0.25, 0.3) is 0 Å². The van der Waals surface area contributed by atoms with E-state index in [4.69, 9.17) is 4.43 Å². The summed E-state index contributed by atoms with van der Waals surface area (Å²) in [6.07, 6.45) is 7.60. The molecular weight excluding hydrogens is 339 g/mol. The topological polar surface area (TPSA) is 9.23 Å². The van der Waals surface area contributed by atoms with E-state index >= 15 is 0 Å². The second-order valence-electron chi connectivity index (χ2n) is 4.72. The van der Waals surface area contributed by atoms with Crippen LogP contribution < -0.4 is 0 Å². The summed E-state index contributed by atoms with van der Waals surface area (Å²) in [5.41, 5.74) is 0. The Labute approximate surface area is 123 Å². The third kappa shape index (κ3) is 6.96. The van der Waals surface area contributed by atoms with Crippen LogP contribution in [0.1, 0.15) is 53.4 Å². The summed E-state index contributed by atoms with van der Waals surface area (Å²) >= 11 is 2.30. The fourth-order valence-corrected chi connectivity index (χ4v) is 5.43. The van der Waals surface area contributed by atoms with E-state index in [1.165, 1.54) is 37.4 Å². The van der Waals surface area contributed by atoms with Gasteiger partial charge in [0.05, 0.1) is 0 Å². The molecule has 1 nitrogen and oxygen atoms in total. The van der Waals surface area contributed by atoms with Gasteiger partial charge >= 0.3 is 0 Å². The van der Waals surface area contributed by atoms with Crippen molar-refractivity contribution < 1.29 is 4.43 Å². The Bertz CT molecular complexity index is 194. The molecule has 0 fully saturated rings. The van der Waals surface area contributed by atoms with Crippen molar-refractivity contribution in [2.75, 3.05) is 0 Å². The average Bonchev–Trinajstić information content (AvgIpc) is 2.38. The van der Waals surface area contributed by atoms with Gasteiger partial charge in [-0.15, -0.1) is 0 Å². The van der Waals surface area contributed by atoms with Crippen molar-refractivity contribution in [3.8, 4) is 0 Å². The molecule has 0 radical (unpaired) electrons. The average molecular weight is 368 g/mol. The Morgan fingerprint density at radius 1 is 1.12 bits per heavy atom. The monoisotopic (exact) mass is 368 g/mol. The molecular formula is C14H29IOSi. The Kier molecular flexibility index (Phi) is 11.0. The van der Waals surface area contributed by atoms with E-state index in [2.05, 4.69) is 60.4 Å².